The van der Waals surface area contributed by atoms with Gasteiger partial charge in [0.25, 0.3) is 11.8 Å². The molecule has 2 amide bonds. The van der Waals surface area contributed by atoms with Crippen molar-refractivity contribution in [2.75, 3.05) is 40.3 Å². The van der Waals surface area contributed by atoms with Gasteiger partial charge in [-0.15, -0.1) is 0 Å². The van der Waals surface area contributed by atoms with Gasteiger partial charge in [0.2, 0.25) is 0 Å². The van der Waals surface area contributed by atoms with Crippen molar-refractivity contribution in [3.05, 3.63) is 42.0 Å². The van der Waals surface area contributed by atoms with Gasteiger partial charge in [-0.25, -0.2) is 0 Å². The first-order valence-electron chi connectivity index (χ1n) is 8.07. The fraction of sp³-hybridized carbons (Fsp3) is 0.263. The van der Waals surface area contributed by atoms with Gasteiger partial charge in [-0.05, 0) is 12.1 Å². The second-order valence-corrected chi connectivity index (χ2v) is 5.35. The van der Waals surface area contributed by atoms with E-state index in [1.165, 1.54) is 28.4 Å². The van der Waals surface area contributed by atoms with Crippen molar-refractivity contribution in [1.29, 1.82) is 0 Å². The average molecular weight is 374 g/mol. The van der Waals surface area contributed by atoms with Crippen LogP contribution in [0.15, 0.2) is 36.4 Å². The lowest BCUT2D eigenvalue weighted by Gasteiger charge is -2.14. The summed E-state index contributed by atoms with van der Waals surface area (Å²) in [7, 11) is 5.98. The first kappa shape index (κ1) is 19.9. The molecule has 0 aliphatic carbocycles. The predicted octanol–water partition coefficient (Wildman–Crippen LogP) is 2.09. The topological polar surface area (TPSA) is 95.1 Å². The zero-order valence-corrected chi connectivity index (χ0v) is 15.6. The van der Waals surface area contributed by atoms with Crippen LogP contribution in [0.4, 0.5) is 5.69 Å². The van der Waals surface area contributed by atoms with E-state index in [0.29, 0.717) is 28.7 Å². The summed E-state index contributed by atoms with van der Waals surface area (Å²) in [6.07, 6.45) is 0. The van der Waals surface area contributed by atoms with Gasteiger partial charge in [-0.1, -0.05) is 6.07 Å². The first-order valence-corrected chi connectivity index (χ1v) is 8.07. The summed E-state index contributed by atoms with van der Waals surface area (Å²) >= 11 is 0. The molecule has 0 atom stereocenters. The molecule has 144 valence electrons. The van der Waals surface area contributed by atoms with Crippen molar-refractivity contribution in [2.45, 2.75) is 0 Å². The van der Waals surface area contributed by atoms with E-state index in [1.54, 1.807) is 36.4 Å². The molecule has 0 fully saturated rings. The third-order valence-electron chi connectivity index (χ3n) is 3.69. The largest absolute Gasteiger partial charge is 0.496 e. The Labute approximate surface area is 157 Å². The third-order valence-corrected chi connectivity index (χ3v) is 3.69. The van der Waals surface area contributed by atoms with E-state index in [1.807, 2.05) is 0 Å². The number of carbonyl (C=O) groups is 2. The number of ether oxygens (including phenoxy) is 4. The van der Waals surface area contributed by atoms with Gasteiger partial charge in [-0.3, -0.25) is 9.59 Å². The van der Waals surface area contributed by atoms with Gasteiger partial charge in [0.15, 0.2) is 18.1 Å². The standard InChI is InChI=1S/C19H22N2O6/c1-20-18(22)11-27-13-7-5-6-12(8-13)21-19(23)14-9-16(25-3)17(26-4)10-15(14)24-2/h5-10H,11H2,1-4H3,(H,20,22)(H,21,23). The maximum absolute atomic E-state index is 12.7. The molecule has 0 aromatic heterocycles. The summed E-state index contributed by atoms with van der Waals surface area (Å²) in [5.74, 6) is 1.02. The molecule has 27 heavy (non-hydrogen) atoms. The molecule has 8 heteroatoms. The molecule has 2 N–H and O–H groups in total. The van der Waals surface area contributed by atoms with Crippen molar-refractivity contribution in [2.24, 2.45) is 0 Å². The minimum absolute atomic E-state index is 0.114. The van der Waals surface area contributed by atoms with Gasteiger partial charge >= 0.3 is 0 Å². The number of hydrogen-bond donors (Lipinski definition) is 2. The predicted molar refractivity (Wildman–Crippen MR) is 100 cm³/mol. The summed E-state index contributed by atoms with van der Waals surface area (Å²) in [6, 6.07) is 9.84. The molecule has 2 aromatic carbocycles. The molecule has 0 heterocycles. The first-order chi connectivity index (χ1) is 13.0. The molecule has 8 nitrogen and oxygen atoms in total. The van der Waals surface area contributed by atoms with Crippen LogP contribution in [0.25, 0.3) is 0 Å². The van der Waals surface area contributed by atoms with Gasteiger partial charge in [0.05, 0.1) is 26.9 Å². The number of carbonyl (C=O) groups excluding carboxylic acids is 2. The van der Waals surface area contributed by atoms with E-state index in [0.717, 1.165) is 0 Å². The Morgan fingerprint density at radius 1 is 0.926 bits per heavy atom. The Morgan fingerprint density at radius 2 is 1.59 bits per heavy atom. The number of methoxy groups -OCH3 is 3. The molecule has 0 bridgehead atoms. The Morgan fingerprint density at radius 3 is 2.22 bits per heavy atom. The van der Waals surface area contributed by atoms with Crippen LogP contribution in [0.1, 0.15) is 10.4 Å². The van der Waals surface area contributed by atoms with Crippen LogP contribution in [0, 0.1) is 0 Å². The van der Waals surface area contributed by atoms with Gasteiger partial charge in [0.1, 0.15) is 11.5 Å². The van der Waals surface area contributed by atoms with E-state index in [4.69, 9.17) is 18.9 Å². The summed E-state index contributed by atoms with van der Waals surface area (Å²) in [5.41, 5.74) is 0.790. The van der Waals surface area contributed by atoms with Crippen LogP contribution >= 0.6 is 0 Å². The number of anilines is 1. The molecule has 0 saturated carbocycles. The van der Waals surface area contributed by atoms with E-state index >= 15 is 0 Å². The van der Waals surface area contributed by atoms with Crippen molar-refractivity contribution < 1.29 is 28.5 Å². The van der Waals surface area contributed by atoms with Crippen molar-refractivity contribution in [3.63, 3.8) is 0 Å². The lowest BCUT2D eigenvalue weighted by molar-refractivity contribution is -0.122. The maximum Gasteiger partial charge on any atom is 0.259 e. The molecule has 0 radical (unpaired) electrons. The lowest BCUT2D eigenvalue weighted by atomic mass is 10.1. The molecule has 0 spiro atoms. The number of nitrogens with one attached hydrogen (secondary N) is 2. The van der Waals surface area contributed by atoms with E-state index in [-0.39, 0.29) is 18.1 Å². The molecule has 0 aliphatic rings. The summed E-state index contributed by atoms with van der Waals surface area (Å²) < 4.78 is 21.1. The van der Waals surface area contributed by atoms with Gasteiger partial charge < -0.3 is 29.6 Å². The van der Waals surface area contributed by atoms with Gasteiger partial charge in [0, 0.05) is 30.9 Å². The second-order valence-electron chi connectivity index (χ2n) is 5.35. The van der Waals surface area contributed by atoms with E-state index < -0.39 is 5.91 Å². The fourth-order valence-corrected chi connectivity index (χ4v) is 2.29. The number of hydrogen-bond acceptors (Lipinski definition) is 6. The van der Waals surface area contributed by atoms with Crippen LogP contribution < -0.4 is 29.6 Å². The van der Waals surface area contributed by atoms with Crippen LogP contribution in [-0.4, -0.2) is 46.8 Å². The SMILES string of the molecule is CNC(=O)COc1cccc(NC(=O)c2cc(OC)c(OC)cc2OC)c1. The summed E-state index contributed by atoms with van der Waals surface area (Å²) in [6.45, 7) is -0.114. The highest BCUT2D eigenvalue weighted by Gasteiger charge is 2.18. The maximum atomic E-state index is 12.7. The molecule has 0 aliphatic heterocycles. The molecule has 2 rings (SSSR count). The molecule has 2 aromatic rings. The highest BCUT2D eigenvalue weighted by atomic mass is 16.5. The molecule has 0 unspecified atom stereocenters. The van der Waals surface area contributed by atoms with Crippen LogP contribution in [0.5, 0.6) is 23.0 Å². The Balaban J connectivity index is 2.21. The zero-order chi connectivity index (χ0) is 19.8. The van der Waals surface area contributed by atoms with Crippen LogP contribution in [-0.2, 0) is 4.79 Å². The molecular weight excluding hydrogens is 352 g/mol. The summed E-state index contributed by atoms with van der Waals surface area (Å²) in [5, 5.41) is 5.23. The number of benzene rings is 2. The number of amides is 2. The summed E-state index contributed by atoms with van der Waals surface area (Å²) in [4.78, 5) is 24.0. The number of likely N-dealkylation sites (N-methyl/N-ethyl adjacent to an activating group) is 1. The van der Waals surface area contributed by atoms with E-state index in [2.05, 4.69) is 10.6 Å². The Hall–Kier alpha value is -3.42. The molecular formula is C19H22N2O6. The third kappa shape index (κ3) is 5.04. The zero-order valence-electron chi connectivity index (χ0n) is 15.6. The monoisotopic (exact) mass is 374 g/mol. The Kier molecular flexibility index (Phi) is 6.87. The highest BCUT2D eigenvalue weighted by molar-refractivity contribution is 6.06. The van der Waals surface area contributed by atoms with Crippen LogP contribution in [0.3, 0.4) is 0 Å². The smallest absolute Gasteiger partial charge is 0.259 e. The van der Waals surface area contributed by atoms with Crippen molar-refractivity contribution in [1.82, 2.24) is 5.32 Å². The lowest BCUT2D eigenvalue weighted by Crippen LogP contribution is -2.24. The highest BCUT2D eigenvalue weighted by Crippen LogP contribution is 2.35. The fourth-order valence-electron chi connectivity index (χ4n) is 2.29. The van der Waals surface area contributed by atoms with E-state index in [9.17, 15) is 9.59 Å². The normalized spacial score (nSPS) is 9.93. The Bertz CT molecular complexity index is 822. The molecule has 0 saturated heterocycles. The average Bonchev–Trinajstić information content (AvgIpc) is 2.70. The number of rotatable bonds is 8. The minimum atomic E-state index is -0.392. The second kappa shape index (κ2) is 9.33. The minimum Gasteiger partial charge on any atom is -0.496 e. The quantitative estimate of drug-likeness (QED) is 0.735. The van der Waals surface area contributed by atoms with Crippen molar-refractivity contribution >= 4 is 17.5 Å². The van der Waals surface area contributed by atoms with Gasteiger partial charge in [-0.2, -0.15) is 0 Å². The van der Waals surface area contributed by atoms with Crippen LogP contribution in [0.2, 0.25) is 0 Å². The van der Waals surface area contributed by atoms with Crippen molar-refractivity contribution in [3.8, 4) is 23.0 Å².